The molecule has 0 aliphatic heterocycles. The largest absolute Gasteiger partial charge is 0.342 e. The van der Waals surface area contributed by atoms with E-state index in [1.54, 1.807) is 0 Å². The number of rotatable bonds is 4. The highest BCUT2D eigenvalue weighted by Gasteiger charge is 2.52. The Kier molecular flexibility index (Phi) is 3.43. The molecule has 2 nitrogen and oxygen atoms in total. The fraction of sp³-hybridized carbons (Fsp3) is 0.500. The fourth-order valence-corrected chi connectivity index (χ4v) is 2.54. The Bertz CT molecular complexity index is 422. The molecule has 0 unspecified atom stereocenters. The first-order valence-electron chi connectivity index (χ1n) is 6.19. The Morgan fingerprint density at radius 1 is 1.35 bits per heavy atom. The number of halogens is 1. The van der Waals surface area contributed by atoms with Crippen LogP contribution in [0, 0.1) is 0 Å². The zero-order chi connectivity index (χ0) is 12.5. The monoisotopic (exact) mass is 251 g/mol. The van der Waals surface area contributed by atoms with Gasteiger partial charge in [-0.25, -0.2) is 0 Å². The van der Waals surface area contributed by atoms with Crippen molar-refractivity contribution in [3.63, 3.8) is 0 Å². The van der Waals surface area contributed by atoms with Gasteiger partial charge in [-0.15, -0.1) is 0 Å². The lowest BCUT2D eigenvalue weighted by atomic mass is 9.94. The number of amides is 1. The van der Waals surface area contributed by atoms with E-state index in [0.29, 0.717) is 5.02 Å². The van der Waals surface area contributed by atoms with E-state index >= 15 is 0 Å². The van der Waals surface area contributed by atoms with Crippen molar-refractivity contribution < 1.29 is 4.79 Å². The van der Waals surface area contributed by atoms with Crippen LogP contribution in [-0.2, 0) is 10.2 Å². The van der Waals surface area contributed by atoms with Crippen LogP contribution in [0.5, 0.6) is 0 Å². The van der Waals surface area contributed by atoms with E-state index in [1.165, 1.54) is 0 Å². The molecule has 17 heavy (non-hydrogen) atoms. The molecule has 3 heteroatoms. The quantitative estimate of drug-likeness (QED) is 0.805. The van der Waals surface area contributed by atoms with E-state index < -0.39 is 0 Å². The maximum Gasteiger partial charge on any atom is 0.233 e. The Morgan fingerprint density at radius 2 is 2.00 bits per heavy atom. The van der Waals surface area contributed by atoms with Crippen LogP contribution < -0.4 is 0 Å². The highest BCUT2D eigenvalue weighted by molar-refractivity contribution is 6.30. The summed E-state index contributed by atoms with van der Waals surface area (Å²) in [7, 11) is 0. The van der Waals surface area contributed by atoms with Crippen molar-refractivity contribution in [2.45, 2.75) is 32.1 Å². The molecular weight excluding hydrogens is 234 g/mol. The maximum atomic E-state index is 12.5. The minimum absolute atomic E-state index is 0.254. The second-order valence-electron chi connectivity index (χ2n) is 4.57. The van der Waals surface area contributed by atoms with E-state index in [0.717, 1.165) is 31.5 Å². The zero-order valence-corrected chi connectivity index (χ0v) is 11.1. The van der Waals surface area contributed by atoms with Gasteiger partial charge in [0.15, 0.2) is 0 Å². The molecule has 0 N–H and O–H groups in total. The van der Waals surface area contributed by atoms with Gasteiger partial charge in [0, 0.05) is 18.1 Å². The standard InChI is InChI=1S/C14H18ClNO/c1-3-16(4-2)13(17)14(8-9-14)11-6-5-7-12(15)10-11/h5-7,10H,3-4,8-9H2,1-2H3. The predicted octanol–water partition coefficient (Wildman–Crippen LogP) is 3.24. The first-order chi connectivity index (χ1) is 8.14. The lowest BCUT2D eigenvalue weighted by Crippen LogP contribution is -2.39. The van der Waals surface area contributed by atoms with Gasteiger partial charge in [0.2, 0.25) is 5.91 Å². The zero-order valence-electron chi connectivity index (χ0n) is 10.4. The summed E-state index contributed by atoms with van der Waals surface area (Å²) in [5.74, 6) is 0.254. The van der Waals surface area contributed by atoms with Crippen LogP contribution >= 0.6 is 11.6 Å². The van der Waals surface area contributed by atoms with Crippen LogP contribution in [0.3, 0.4) is 0 Å². The molecule has 0 bridgehead atoms. The third-order valence-corrected chi connectivity index (χ3v) is 3.82. The van der Waals surface area contributed by atoms with Crippen LogP contribution in [0.1, 0.15) is 32.3 Å². The Morgan fingerprint density at radius 3 is 2.47 bits per heavy atom. The summed E-state index contributed by atoms with van der Waals surface area (Å²) in [6.45, 7) is 5.60. The van der Waals surface area contributed by atoms with Gasteiger partial charge in [0.1, 0.15) is 0 Å². The van der Waals surface area contributed by atoms with Gasteiger partial charge in [-0.3, -0.25) is 4.79 Å². The van der Waals surface area contributed by atoms with Gasteiger partial charge in [-0.2, -0.15) is 0 Å². The van der Waals surface area contributed by atoms with Crippen molar-refractivity contribution in [2.75, 3.05) is 13.1 Å². The molecule has 2 rings (SSSR count). The lowest BCUT2D eigenvalue weighted by Gasteiger charge is -2.25. The summed E-state index contributed by atoms with van der Waals surface area (Å²) in [5.41, 5.74) is 0.790. The SMILES string of the molecule is CCN(CC)C(=O)C1(c2cccc(Cl)c2)CC1. The van der Waals surface area contributed by atoms with Crippen molar-refractivity contribution in [2.24, 2.45) is 0 Å². The fourth-order valence-electron chi connectivity index (χ4n) is 2.35. The van der Waals surface area contributed by atoms with E-state index in [1.807, 2.05) is 43.0 Å². The predicted molar refractivity (Wildman–Crippen MR) is 70.3 cm³/mol. The van der Waals surface area contributed by atoms with Crippen molar-refractivity contribution >= 4 is 17.5 Å². The summed E-state index contributed by atoms with van der Waals surface area (Å²) >= 11 is 6.01. The van der Waals surface area contributed by atoms with Crippen molar-refractivity contribution in [1.82, 2.24) is 4.90 Å². The minimum atomic E-state index is -0.281. The number of hydrogen-bond donors (Lipinski definition) is 0. The molecular formula is C14H18ClNO. The molecule has 1 saturated carbocycles. The molecule has 1 fully saturated rings. The number of carbonyl (C=O) groups excluding carboxylic acids is 1. The summed E-state index contributed by atoms with van der Waals surface area (Å²) in [6, 6.07) is 7.71. The third-order valence-electron chi connectivity index (χ3n) is 3.59. The number of likely N-dealkylation sites (N-methyl/N-ethyl adjacent to an activating group) is 1. The van der Waals surface area contributed by atoms with Crippen LogP contribution in [0.2, 0.25) is 5.02 Å². The maximum absolute atomic E-state index is 12.5. The van der Waals surface area contributed by atoms with Gasteiger partial charge >= 0.3 is 0 Å². The van der Waals surface area contributed by atoms with Crippen molar-refractivity contribution in [3.8, 4) is 0 Å². The smallest absolute Gasteiger partial charge is 0.233 e. The van der Waals surface area contributed by atoms with Crippen molar-refractivity contribution in [3.05, 3.63) is 34.9 Å². The molecule has 1 amide bonds. The molecule has 1 aliphatic carbocycles. The van der Waals surface area contributed by atoms with E-state index in [4.69, 9.17) is 11.6 Å². The number of hydrogen-bond acceptors (Lipinski definition) is 1. The molecule has 1 aromatic rings. The molecule has 0 radical (unpaired) electrons. The van der Waals surface area contributed by atoms with Gasteiger partial charge in [0.25, 0.3) is 0 Å². The highest BCUT2D eigenvalue weighted by Crippen LogP contribution is 2.50. The number of nitrogens with zero attached hydrogens (tertiary/aromatic N) is 1. The molecule has 1 aliphatic rings. The summed E-state index contributed by atoms with van der Waals surface area (Å²) in [4.78, 5) is 14.4. The van der Waals surface area contributed by atoms with Gasteiger partial charge < -0.3 is 4.90 Å². The molecule has 0 saturated heterocycles. The summed E-state index contributed by atoms with van der Waals surface area (Å²) in [6.07, 6.45) is 1.89. The minimum Gasteiger partial charge on any atom is -0.342 e. The first-order valence-corrected chi connectivity index (χ1v) is 6.57. The Labute approximate surface area is 108 Å². The van der Waals surface area contributed by atoms with E-state index in [2.05, 4.69) is 0 Å². The first kappa shape index (κ1) is 12.4. The van der Waals surface area contributed by atoms with E-state index in [-0.39, 0.29) is 11.3 Å². The normalized spacial score (nSPS) is 16.6. The molecule has 0 spiro atoms. The van der Waals surface area contributed by atoms with Crippen LogP contribution in [0.15, 0.2) is 24.3 Å². The second kappa shape index (κ2) is 4.69. The van der Waals surface area contributed by atoms with Gasteiger partial charge in [0.05, 0.1) is 5.41 Å². The third kappa shape index (κ3) is 2.19. The van der Waals surface area contributed by atoms with Crippen LogP contribution in [-0.4, -0.2) is 23.9 Å². The van der Waals surface area contributed by atoms with Gasteiger partial charge in [-0.1, -0.05) is 23.7 Å². The highest BCUT2D eigenvalue weighted by atomic mass is 35.5. The number of carbonyl (C=O) groups is 1. The van der Waals surface area contributed by atoms with Gasteiger partial charge in [-0.05, 0) is 44.4 Å². The molecule has 92 valence electrons. The summed E-state index contributed by atoms with van der Waals surface area (Å²) in [5, 5.41) is 0.709. The summed E-state index contributed by atoms with van der Waals surface area (Å²) < 4.78 is 0. The molecule has 0 atom stereocenters. The van der Waals surface area contributed by atoms with Crippen molar-refractivity contribution in [1.29, 1.82) is 0 Å². The molecule has 0 heterocycles. The topological polar surface area (TPSA) is 20.3 Å². The van der Waals surface area contributed by atoms with Crippen LogP contribution in [0.4, 0.5) is 0 Å². The van der Waals surface area contributed by atoms with Crippen LogP contribution in [0.25, 0.3) is 0 Å². The average molecular weight is 252 g/mol. The molecule has 1 aromatic carbocycles. The lowest BCUT2D eigenvalue weighted by molar-refractivity contribution is -0.133. The molecule has 0 aromatic heterocycles. The van der Waals surface area contributed by atoms with E-state index in [9.17, 15) is 4.79 Å². The Balaban J connectivity index is 2.28. The Hall–Kier alpha value is -1.02. The average Bonchev–Trinajstić information content (AvgIpc) is 3.11. The second-order valence-corrected chi connectivity index (χ2v) is 5.01. The number of benzene rings is 1.